The van der Waals surface area contributed by atoms with E-state index in [-0.39, 0.29) is 5.82 Å². The molecular weight excluding hydrogens is 218 g/mol. The zero-order valence-corrected chi connectivity index (χ0v) is 8.66. The zero-order chi connectivity index (χ0) is 11.8. The van der Waals surface area contributed by atoms with E-state index in [0.29, 0.717) is 11.5 Å². The smallest absolute Gasteiger partial charge is 0.374 e. The second-order valence-corrected chi connectivity index (χ2v) is 3.56. The van der Waals surface area contributed by atoms with Crippen LogP contribution in [0.25, 0.3) is 22.3 Å². The number of aromatic carboxylic acids is 1. The van der Waals surface area contributed by atoms with Crippen molar-refractivity contribution in [2.24, 2.45) is 0 Å². The molecule has 0 amide bonds. The number of fused-ring (bicyclic) bond motifs is 3. The number of carboxylic acid groups (broad SMARTS) is 1. The molecule has 3 rings (SSSR count). The molecule has 17 heavy (non-hydrogen) atoms. The largest absolute Gasteiger partial charge is 0.475 e. The highest BCUT2D eigenvalue weighted by Gasteiger charge is 2.17. The van der Waals surface area contributed by atoms with E-state index in [4.69, 9.17) is 5.11 Å². The van der Waals surface area contributed by atoms with E-state index in [0.717, 1.165) is 10.8 Å². The number of hydrogen-bond donors (Lipinski definition) is 1. The Bertz CT molecular complexity index is 696. The Kier molecular flexibility index (Phi) is 1.98. The van der Waals surface area contributed by atoms with Gasteiger partial charge in [0.2, 0.25) is 5.82 Å². The minimum atomic E-state index is -1.14. The van der Waals surface area contributed by atoms with Crippen LogP contribution in [-0.2, 0) is 0 Å². The molecule has 2 aliphatic rings. The molecule has 5 heteroatoms. The summed E-state index contributed by atoms with van der Waals surface area (Å²) in [6.45, 7) is 0. The monoisotopic (exact) mass is 225 g/mol. The van der Waals surface area contributed by atoms with Gasteiger partial charge in [-0.25, -0.2) is 19.7 Å². The van der Waals surface area contributed by atoms with Crippen LogP contribution in [-0.4, -0.2) is 26.0 Å². The second-order valence-electron chi connectivity index (χ2n) is 3.56. The molecule has 0 aromatic heterocycles. The summed E-state index contributed by atoms with van der Waals surface area (Å²) in [6, 6.07) is 9.42. The van der Waals surface area contributed by atoms with Crippen molar-refractivity contribution in [2.45, 2.75) is 0 Å². The summed E-state index contributed by atoms with van der Waals surface area (Å²) in [6.07, 6.45) is 1.60. The van der Waals surface area contributed by atoms with Crippen LogP contribution >= 0.6 is 0 Å². The normalized spacial score (nSPS) is 10.8. The van der Waals surface area contributed by atoms with Gasteiger partial charge in [-0.1, -0.05) is 24.3 Å². The lowest BCUT2D eigenvalue weighted by atomic mass is 10.1. The maximum absolute atomic E-state index is 10.8. The highest BCUT2D eigenvalue weighted by molar-refractivity contribution is 5.95. The first-order valence-corrected chi connectivity index (χ1v) is 5.00. The van der Waals surface area contributed by atoms with E-state index in [9.17, 15) is 4.79 Å². The lowest BCUT2D eigenvalue weighted by Crippen LogP contribution is -1.97. The Hall–Kier alpha value is -2.56. The first-order valence-electron chi connectivity index (χ1n) is 5.00. The maximum Gasteiger partial charge on any atom is 0.374 e. The van der Waals surface area contributed by atoms with E-state index in [2.05, 4.69) is 15.0 Å². The molecule has 2 aliphatic heterocycles. The number of carboxylic acids is 1. The fourth-order valence-electron chi connectivity index (χ4n) is 1.75. The van der Waals surface area contributed by atoms with Gasteiger partial charge in [-0.05, 0) is 11.5 Å². The number of imidazole rings is 1. The van der Waals surface area contributed by atoms with Crippen molar-refractivity contribution < 1.29 is 9.90 Å². The molecule has 0 radical (unpaired) electrons. The summed E-state index contributed by atoms with van der Waals surface area (Å²) in [5, 5.41) is 10.7. The van der Waals surface area contributed by atoms with Crippen LogP contribution in [0, 0.1) is 0 Å². The SMILES string of the molecule is O=C(O)c1nc2nccc3ccccc3c-2n1. The van der Waals surface area contributed by atoms with Crippen molar-refractivity contribution in [3.8, 4) is 11.5 Å². The highest BCUT2D eigenvalue weighted by atomic mass is 16.4. The summed E-state index contributed by atoms with van der Waals surface area (Å²) in [4.78, 5) is 22.8. The molecule has 0 spiro atoms. The van der Waals surface area contributed by atoms with Gasteiger partial charge in [-0.3, -0.25) is 0 Å². The average molecular weight is 225 g/mol. The predicted octanol–water partition coefficient (Wildman–Crippen LogP) is 1.83. The molecule has 0 saturated heterocycles. The molecule has 2 heterocycles. The molecule has 0 saturated carbocycles. The van der Waals surface area contributed by atoms with Gasteiger partial charge in [0.25, 0.3) is 0 Å². The van der Waals surface area contributed by atoms with E-state index in [1.807, 2.05) is 30.3 Å². The van der Waals surface area contributed by atoms with Crippen molar-refractivity contribution >= 4 is 16.7 Å². The summed E-state index contributed by atoms with van der Waals surface area (Å²) in [5.74, 6) is -1.01. The van der Waals surface area contributed by atoms with E-state index >= 15 is 0 Å². The van der Waals surface area contributed by atoms with Crippen LogP contribution in [0.5, 0.6) is 0 Å². The quantitative estimate of drug-likeness (QED) is 0.683. The van der Waals surface area contributed by atoms with Crippen molar-refractivity contribution in [1.29, 1.82) is 0 Å². The Morgan fingerprint density at radius 2 is 1.94 bits per heavy atom. The van der Waals surface area contributed by atoms with Crippen LogP contribution in [0.2, 0.25) is 0 Å². The fourth-order valence-corrected chi connectivity index (χ4v) is 1.75. The van der Waals surface area contributed by atoms with Crippen LogP contribution < -0.4 is 0 Å². The number of hydrogen-bond acceptors (Lipinski definition) is 4. The number of carbonyl (C=O) groups is 1. The summed E-state index contributed by atoms with van der Waals surface area (Å²) in [5.41, 5.74) is 0.517. The van der Waals surface area contributed by atoms with Crippen molar-refractivity contribution in [3.63, 3.8) is 0 Å². The predicted molar refractivity (Wildman–Crippen MR) is 60.9 cm³/mol. The standard InChI is InChI=1S/C12H7N3O2/c16-12(17)11-14-9-8-4-2-1-3-7(8)5-6-13-10(9)15-11/h1-6H,(H,16,17). The first kappa shape index (κ1) is 9.65. The van der Waals surface area contributed by atoms with Crippen molar-refractivity contribution in [1.82, 2.24) is 15.0 Å². The average Bonchev–Trinajstić information content (AvgIpc) is 2.67. The van der Waals surface area contributed by atoms with Crippen LogP contribution in [0.3, 0.4) is 0 Å². The first-order chi connectivity index (χ1) is 8.25. The number of benzene rings is 1. The zero-order valence-electron chi connectivity index (χ0n) is 8.66. The van der Waals surface area contributed by atoms with Crippen molar-refractivity contribution in [2.75, 3.05) is 0 Å². The molecule has 1 N–H and O–H groups in total. The molecule has 0 bridgehead atoms. The number of aromatic nitrogens is 3. The third-order valence-electron chi connectivity index (χ3n) is 2.50. The molecule has 0 atom stereocenters. The lowest BCUT2D eigenvalue weighted by molar-refractivity contribution is 0.0685. The van der Waals surface area contributed by atoms with Gasteiger partial charge in [-0.15, -0.1) is 0 Å². The molecule has 0 fully saturated rings. The third kappa shape index (κ3) is 1.48. The van der Waals surface area contributed by atoms with Gasteiger partial charge < -0.3 is 5.11 Å². The topological polar surface area (TPSA) is 76.0 Å². The van der Waals surface area contributed by atoms with Crippen LogP contribution in [0.1, 0.15) is 10.6 Å². The maximum atomic E-state index is 10.8. The third-order valence-corrected chi connectivity index (χ3v) is 2.50. The Morgan fingerprint density at radius 1 is 1.12 bits per heavy atom. The van der Waals surface area contributed by atoms with E-state index in [1.54, 1.807) is 6.20 Å². The summed E-state index contributed by atoms with van der Waals surface area (Å²) >= 11 is 0. The van der Waals surface area contributed by atoms with Crippen LogP contribution in [0.4, 0.5) is 0 Å². The summed E-state index contributed by atoms with van der Waals surface area (Å²) in [7, 11) is 0. The molecular formula is C12H7N3O2. The number of nitrogens with zero attached hydrogens (tertiary/aromatic N) is 3. The molecule has 0 aliphatic carbocycles. The lowest BCUT2D eigenvalue weighted by Gasteiger charge is -1.93. The van der Waals surface area contributed by atoms with Gasteiger partial charge in [0.05, 0.1) is 0 Å². The molecule has 1 aromatic carbocycles. The fraction of sp³-hybridized carbons (Fsp3) is 0. The van der Waals surface area contributed by atoms with Gasteiger partial charge in [0.15, 0.2) is 5.82 Å². The summed E-state index contributed by atoms with van der Waals surface area (Å²) < 4.78 is 0. The molecule has 0 unspecified atom stereocenters. The molecule has 5 nitrogen and oxygen atoms in total. The van der Waals surface area contributed by atoms with E-state index < -0.39 is 5.97 Å². The van der Waals surface area contributed by atoms with Gasteiger partial charge in [0.1, 0.15) is 5.69 Å². The minimum Gasteiger partial charge on any atom is -0.475 e. The van der Waals surface area contributed by atoms with Gasteiger partial charge in [0, 0.05) is 11.6 Å². The van der Waals surface area contributed by atoms with E-state index in [1.165, 1.54) is 0 Å². The van der Waals surface area contributed by atoms with Crippen molar-refractivity contribution in [3.05, 3.63) is 42.4 Å². The van der Waals surface area contributed by atoms with Gasteiger partial charge in [-0.2, -0.15) is 0 Å². The molecule has 82 valence electrons. The highest BCUT2D eigenvalue weighted by Crippen LogP contribution is 2.25. The number of rotatable bonds is 1. The molecule has 1 aromatic rings. The Balaban J connectivity index is 2.44. The minimum absolute atomic E-state index is 0.219. The second kappa shape index (κ2) is 3.48. The van der Waals surface area contributed by atoms with Gasteiger partial charge >= 0.3 is 5.97 Å². The van der Waals surface area contributed by atoms with Crippen LogP contribution in [0.15, 0.2) is 36.5 Å². The Labute approximate surface area is 96.1 Å². The Morgan fingerprint density at radius 3 is 2.76 bits per heavy atom.